The minimum absolute atomic E-state index is 0.0189. The molecular formula is C22H28FN5O4S. The van der Waals surface area contributed by atoms with Crippen LogP contribution in [0.25, 0.3) is 0 Å². The highest BCUT2D eigenvalue weighted by atomic mass is 32.2. The number of likely N-dealkylation sites (N-methyl/N-ethyl adjacent to an activating group) is 1. The number of hydrogen-bond donors (Lipinski definition) is 0. The van der Waals surface area contributed by atoms with Crippen molar-refractivity contribution in [1.29, 1.82) is 0 Å². The molecule has 9 nitrogen and oxygen atoms in total. The molecule has 1 aromatic heterocycles. The van der Waals surface area contributed by atoms with E-state index in [9.17, 15) is 17.6 Å². The Balaban J connectivity index is 1.46. The third-order valence-corrected chi connectivity index (χ3v) is 7.14. The number of aromatic nitrogens is 2. The second-order valence-corrected chi connectivity index (χ2v) is 10.7. The van der Waals surface area contributed by atoms with Gasteiger partial charge < -0.3 is 14.5 Å². The first-order valence-electron chi connectivity index (χ1n) is 10.8. The summed E-state index contributed by atoms with van der Waals surface area (Å²) in [7, 11) is 0.0132. The van der Waals surface area contributed by atoms with E-state index >= 15 is 0 Å². The summed E-state index contributed by atoms with van der Waals surface area (Å²) in [6.45, 7) is 2.43. The zero-order valence-corrected chi connectivity index (χ0v) is 19.8. The number of benzene rings is 1. The average molecular weight is 478 g/mol. The number of carbonyl (C=O) groups excluding carboxylic acids is 1. The lowest BCUT2D eigenvalue weighted by atomic mass is 10.1. The maximum absolute atomic E-state index is 14.8. The molecule has 2 aromatic rings. The van der Waals surface area contributed by atoms with Gasteiger partial charge in [-0.2, -0.15) is 0 Å². The molecule has 0 unspecified atom stereocenters. The molecule has 11 heteroatoms. The van der Waals surface area contributed by atoms with Crippen molar-refractivity contribution >= 4 is 27.2 Å². The third kappa shape index (κ3) is 5.09. The smallest absolute Gasteiger partial charge is 0.236 e. The molecule has 1 saturated heterocycles. The second-order valence-electron chi connectivity index (χ2n) is 8.65. The van der Waals surface area contributed by atoms with E-state index < -0.39 is 15.7 Å². The summed E-state index contributed by atoms with van der Waals surface area (Å²) < 4.78 is 44.4. The van der Waals surface area contributed by atoms with E-state index in [4.69, 9.17) is 4.74 Å². The van der Waals surface area contributed by atoms with Crippen LogP contribution in [-0.2, 0) is 21.1 Å². The number of hydrogen-bond acceptors (Lipinski definition) is 8. The summed E-state index contributed by atoms with van der Waals surface area (Å²) in [5.74, 6) is 0.532. The number of amides is 1. The monoisotopic (exact) mass is 477 g/mol. The number of carbonyl (C=O) groups is 1. The quantitative estimate of drug-likeness (QED) is 0.620. The summed E-state index contributed by atoms with van der Waals surface area (Å²) in [5, 5.41) is 0. The molecule has 0 bridgehead atoms. The van der Waals surface area contributed by atoms with Gasteiger partial charge in [0.2, 0.25) is 11.8 Å². The van der Waals surface area contributed by atoms with E-state index in [1.807, 2.05) is 0 Å². The average Bonchev–Trinajstić information content (AvgIpc) is 3.19. The molecule has 1 fully saturated rings. The Morgan fingerprint density at radius 3 is 2.58 bits per heavy atom. The molecule has 0 N–H and O–H groups in total. The highest BCUT2D eigenvalue weighted by Gasteiger charge is 2.30. The topological polar surface area (TPSA) is 95.9 Å². The van der Waals surface area contributed by atoms with Crippen LogP contribution in [0.3, 0.4) is 0 Å². The van der Waals surface area contributed by atoms with Crippen LogP contribution < -0.4 is 9.64 Å². The van der Waals surface area contributed by atoms with Crippen molar-refractivity contribution in [3.05, 3.63) is 35.9 Å². The van der Waals surface area contributed by atoms with Crippen LogP contribution in [0.5, 0.6) is 5.88 Å². The molecule has 1 amide bonds. The zero-order valence-electron chi connectivity index (χ0n) is 19.0. The van der Waals surface area contributed by atoms with Gasteiger partial charge in [-0.15, -0.1) is 0 Å². The van der Waals surface area contributed by atoms with Crippen LogP contribution in [0.2, 0.25) is 0 Å². The van der Waals surface area contributed by atoms with Gasteiger partial charge in [-0.3, -0.25) is 9.69 Å². The molecule has 4 rings (SSSR count). The SMILES string of the molecule is CN(C)C(=O)CN1CCC(Oc2ncnc3c2CCN3c2ccc(S(C)(=O)=O)cc2F)CC1. The standard InChI is InChI=1S/C22H28FN5O4S/c1-26(2)20(29)13-27-9-6-15(7-10-27)32-22-17-8-11-28(21(17)24-14-25-22)19-5-4-16(12-18(19)23)33(3,30)31/h4-5,12,14-15H,6-11,13H2,1-3H3. The fraction of sp³-hybridized carbons (Fsp3) is 0.500. The van der Waals surface area contributed by atoms with Crippen LogP contribution in [0.15, 0.2) is 29.4 Å². The van der Waals surface area contributed by atoms with Crippen molar-refractivity contribution < 1.29 is 22.3 Å². The lowest BCUT2D eigenvalue weighted by Gasteiger charge is -2.32. The first-order chi connectivity index (χ1) is 15.6. The number of piperidine rings is 1. The Morgan fingerprint density at radius 2 is 1.94 bits per heavy atom. The van der Waals surface area contributed by atoms with Gasteiger partial charge in [-0.1, -0.05) is 0 Å². The molecule has 33 heavy (non-hydrogen) atoms. The van der Waals surface area contributed by atoms with Crippen molar-refractivity contribution in [2.75, 3.05) is 51.4 Å². The number of ether oxygens (including phenoxy) is 1. The molecule has 2 aliphatic heterocycles. The van der Waals surface area contributed by atoms with E-state index in [1.54, 1.807) is 23.9 Å². The number of rotatable bonds is 6. The van der Waals surface area contributed by atoms with E-state index in [2.05, 4.69) is 14.9 Å². The Kier molecular flexibility index (Phi) is 6.53. The molecular weight excluding hydrogens is 449 g/mol. The summed E-state index contributed by atoms with van der Waals surface area (Å²) in [6.07, 6.45) is 4.59. The Bertz CT molecular complexity index is 1150. The normalized spacial score (nSPS) is 17.2. The molecule has 1 aromatic carbocycles. The first-order valence-corrected chi connectivity index (χ1v) is 12.7. The van der Waals surface area contributed by atoms with Gasteiger partial charge in [0.05, 0.1) is 22.7 Å². The number of nitrogens with zero attached hydrogens (tertiary/aromatic N) is 5. The number of likely N-dealkylation sites (tertiary alicyclic amines) is 1. The molecule has 178 valence electrons. The third-order valence-electron chi connectivity index (χ3n) is 6.03. The fourth-order valence-electron chi connectivity index (χ4n) is 4.12. The van der Waals surface area contributed by atoms with Crippen LogP contribution in [0.1, 0.15) is 18.4 Å². The Morgan fingerprint density at radius 1 is 1.21 bits per heavy atom. The van der Waals surface area contributed by atoms with Gasteiger partial charge in [0.25, 0.3) is 0 Å². The van der Waals surface area contributed by atoms with Crippen molar-refractivity contribution in [2.24, 2.45) is 0 Å². The van der Waals surface area contributed by atoms with Gasteiger partial charge in [0, 0.05) is 40.0 Å². The lowest BCUT2D eigenvalue weighted by Crippen LogP contribution is -2.43. The van der Waals surface area contributed by atoms with Gasteiger partial charge in [-0.05, 0) is 37.5 Å². The highest BCUT2D eigenvalue weighted by molar-refractivity contribution is 7.90. The molecule has 2 aliphatic rings. The summed E-state index contributed by atoms with van der Waals surface area (Å²) in [6, 6.07) is 3.91. The van der Waals surface area contributed by atoms with E-state index in [0.717, 1.165) is 43.8 Å². The maximum atomic E-state index is 14.8. The van der Waals surface area contributed by atoms with Crippen molar-refractivity contribution in [1.82, 2.24) is 19.8 Å². The maximum Gasteiger partial charge on any atom is 0.236 e. The van der Waals surface area contributed by atoms with E-state index in [1.165, 1.54) is 18.5 Å². The number of fused-ring (bicyclic) bond motifs is 1. The largest absolute Gasteiger partial charge is 0.474 e. The van der Waals surface area contributed by atoms with Crippen LogP contribution >= 0.6 is 0 Å². The molecule has 3 heterocycles. The highest BCUT2D eigenvalue weighted by Crippen LogP contribution is 2.38. The lowest BCUT2D eigenvalue weighted by molar-refractivity contribution is -0.130. The van der Waals surface area contributed by atoms with Gasteiger partial charge in [0.1, 0.15) is 24.1 Å². The summed E-state index contributed by atoms with van der Waals surface area (Å²) in [5.41, 5.74) is 1.08. The minimum Gasteiger partial charge on any atom is -0.474 e. The van der Waals surface area contributed by atoms with Gasteiger partial charge in [-0.25, -0.2) is 22.8 Å². The molecule has 0 saturated carbocycles. The van der Waals surface area contributed by atoms with Crippen molar-refractivity contribution in [2.45, 2.75) is 30.3 Å². The Labute approximate surface area is 193 Å². The molecule has 0 spiro atoms. The number of anilines is 2. The van der Waals surface area contributed by atoms with Gasteiger partial charge in [0.15, 0.2) is 9.84 Å². The summed E-state index contributed by atoms with van der Waals surface area (Å²) >= 11 is 0. The minimum atomic E-state index is -3.49. The van der Waals surface area contributed by atoms with Crippen LogP contribution in [-0.4, -0.2) is 86.7 Å². The van der Waals surface area contributed by atoms with Gasteiger partial charge >= 0.3 is 0 Å². The molecule has 0 atom stereocenters. The summed E-state index contributed by atoms with van der Waals surface area (Å²) in [4.78, 5) is 26.0. The molecule has 0 radical (unpaired) electrons. The number of halogens is 1. The van der Waals surface area contributed by atoms with Crippen molar-refractivity contribution in [3.8, 4) is 5.88 Å². The van der Waals surface area contributed by atoms with Crippen LogP contribution in [0.4, 0.5) is 15.9 Å². The second kappa shape index (κ2) is 9.22. The van der Waals surface area contributed by atoms with E-state index in [-0.39, 0.29) is 22.6 Å². The predicted octanol–water partition coefficient (Wildman–Crippen LogP) is 1.64. The zero-order chi connectivity index (χ0) is 23.8. The van der Waals surface area contributed by atoms with Crippen molar-refractivity contribution in [3.63, 3.8) is 0 Å². The number of sulfone groups is 1. The predicted molar refractivity (Wildman–Crippen MR) is 121 cm³/mol. The molecule has 0 aliphatic carbocycles. The fourth-order valence-corrected chi connectivity index (χ4v) is 4.75. The Hall–Kier alpha value is -2.79. The van der Waals surface area contributed by atoms with Crippen LogP contribution in [0, 0.1) is 5.82 Å². The van der Waals surface area contributed by atoms with E-state index in [0.29, 0.717) is 31.2 Å². The first kappa shape index (κ1) is 23.4.